The SMILES string of the molecule is CC.CC(C)C.CCCC.CCCCC(C)OC(=O)CNC(=O)NC(C(=O)N(CC)C(CC)C(=O)NC(C)C)C(C)(C)C. The zero-order valence-corrected chi connectivity index (χ0v) is 31.0. The van der Waals surface area contributed by atoms with Gasteiger partial charge in [0.2, 0.25) is 11.8 Å². The fraction of sp³-hybridized carbons (Fsp3) is 0.882. The normalized spacial score (nSPS) is 12.5. The van der Waals surface area contributed by atoms with Crippen molar-refractivity contribution < 1.29 is 23.9 Å². The van der Waals surface area contributed by atoms with Crippen LogP contribution >= 0.6 is 0 Å². The lowest BCUT2D eigenvalue weighted by Gasteiger charge is -2.37. The molecule has 258 valence electrons. The van der Waals surface area contributed by atoms with Crippen LogP contribution < -0.4 is 16.0 Å². The zero-order chi connectivity index (χ0) is 34.8. The van der Waals surface area contributed by atoms with Crippen molar-refractivity contribution in [2.75, 3.05) is 13.1 Å². The highest BCUT2D eigenvalue weighted by molar-refractivity contribution is 5.92. The second-order valence-electron chi connectivity index (χ2n) is 12.5. The molecular weight excluding hydrogens is 544 g/mol. The molecule has 9 nitrogen and oxygen atoms in total. The topological polar surface area (TPSA) is 117 Å². The summed E-state index contributed by atoms with van der Waals surface area (Å²) in [6.07, 6.45) is 5.61. The maximum Gasteiger partial charge on any atom is 0.325 e. The molecule has 0 spiro atoms. The van der Waals surface area contributed by atoms with Gasteiger partial charge in [-0.2, -0.15) is 0 Å². The van der Waals surface area contributed by atoms with Gasteiger partial charge in [-0.3, -0.25) is 14.4 Å². The van der Waals surface area contributed by atoms with Gasteiger partial charge in [0.15, 0.2) is 0 Å². The van der Waals surface area contributed by atoms with E-state index in [0.717, 1.165) is 25.2 Å². The van der Waals surface area contributed by atoms with Crippen LogP contribution in [0.15, 0.2) is 0 Å². The van der Waals surface area contributed by atoms with Crippen molar-refractivity contribution in [2.24, 2.45) is 11.3 Å². The molecule has 0 heterocycles. The van der Waals surface area contributed by atoms with Crippen molar-refractivity contribution in [1.29, 1.82) is 0 Å². The quantitative estimate of drug-likeness (QED) is 0.175. The molecule has 0 bridgehead atoms. The van der Waals surface area contributed by atoms with E-state index in [9.17, 15) is 19.2 Å². The van der Waals surface area contributed by atoms with Gasteiger partial charge in [0, 0.05) is 12.6 Å². The predicted octanol–water partition coefficient (Wildman–Crippen LogP) is 7.47. The molecule has 4 amide bonds. The van der Waals surface area contributed by atoms with Gasteiger partial charge in [0.25, 0.3) is 0 Å². The minimum Gasteiger partial charge on any atom is -0.461 e. The largest absolute Gasteiger partial charge is 0.461 e. The molecule has 0 saturated heterocycles. The molecule has 0 fully saturated rings. The van der Waals surface area contributed by atoms with Crippen LogP contribution in [0.3, 0.4) is 0 Å². The highest BCUT2D eigenvalue weighted by atomic mass is 16.5. The fourth-order valence-electron chi connectivity index (χ4n) is 3.42. The summed E-state index contributed by atoms with van der Waals surface area (Å²) in [5.41, 5.74) is -0.621. The summed E-state index contributed by atoms with van der Waals surface area (Å²) < 4.78 is 5.28. The van der Waals surface area contributed by atoms with Gasteiger partial charge in [-0.05, 0) is 51.9 Å². The van der Waals surface area contributed by atoms with Crippen LogP contribution in [0.5, 0.6) is 0 Å². The minimum absolute atomic E-state index is 0.0490. The average Bonchev–Trinajstić information content (AvgIpc) is 2.91. The second kappa shape index (κ2) is 28.5. The fourth-order valence-corrected chi connectivity index (χ4v) is 3.42. The molecule has 0 aliphatic heterocycles. The van der Waals surface area contributed by atoms with Crippen molar-refractivity contribution in [3.8, 4) is 0 Å². The summed E-state index contributed by atoms with van der Waals surface area (Å²) in [6.45, 7) is 31.7. The Morgan fingerprint density at radius 1 is 0.791 bits per heavy atom. The molecule has 3 atom stereocenters. The third kappa shape index (κ3) is 27.0. The van der Waals surface area contributed by atoms with E-state index in [2.05, 4.69) is 57.5 Å². The number of urea groups is 1. The number of ether oxygens (including phenoxy) is 1. The van der Waals surface area contributed by atoms with Crippen LogP contribution in [0.2, 0.25) is 0 Å². The Hall–Kier alpha value is -2.32. The number of carbonyl (C=O) groups excluding carboxylic acids is 4. The lowest BCUT2D eigenvalue weighted by atomic mass is 9.85. The maximum atomic E-state index is 13.4. The molecule has 0 aromatic heterocycles. The Morgan fingerprint density at radius 2 is 1.28 bits per heavy atom. The smallest absolute Gasteiger partial charge is 0.325 e. The van der Waals surface area contributed by atoms with Crippen LogP contribution in [0, 0.1) is 11.3 Å². The molecule has 9 heteroatoms. The number of nitrogens with zero attached hydrogens (tertiary/aromatic N) is 1. The Morgan fingerprint density at radius 3 is 1.63 bits per heavy atom. The van der Waals surface area contributed by atoms with E-state index in [4.69, 9.17) is 4.74 Å². The van der Waals surface area contributed by atoms with Crippen LogP contribution in [-0.2, 0) is 19.1 Å². The Kier molecular flexibility index (Phi) is 31.5. The molecule has 0 radical (unpaired) electrons. The number of esters is 1. The summed E-state index contributed by atoms with van der Waals surface area (Å²) in [6, 6.07) is -2.22. The minimum atomic E-state index is -0.891. The molecule has 43 heavy (non-hydrogen) atoms. The molecule has 3 N–H and O–H groups in total. The number of unbranched alkanes of at least 4 members (excludes halogenated alkanes) is 2. The lowest BCUT2D eigenvalue weighted by molar-refractivity contribution is -0.147. The lowest BCUT2D eigenvalue weighted by Crippen LogP contribution is -2.60. The van der Waals surface area contributed by atoms with Crippen molar-refractivity contribution in [3.05, 3.63) is 0 Å². The van der Waals surface area contributed by atoms with Gasteiger partial charge in [0.1, 0.15) is 18.6 Å². The molecule has 0 aromatic rings. The van der Waals surface area contributed by atoms with Gasteiger partial charge in [-0.15, -0.1) is 0 Å². The third-order valence-corrected chi connectivity index (χ3v) is 5.70. The van der Waals surface area contributed by atoms with E-state index in [0.29, 0.717) is 13.0 Å². The van der Waals surface area contributed by atoms with Crippen molar-refractivity contribution in [1.82, 2.24) is 20.9 Å². The number of hydrogen-bond donors (Lipinski definition) is 3. The third-order valence-electron chi connectivity index (χ3n) is 5.70. The van der Waals surface area contributed by atoms with Gasteiger partial charge in [-0.1, -0.05) is 109 Å². The number of amides is 4. The van der Waals surface area contributed by atoms with Gasteiger partial charge in [0.05, 0.1) is 6.10 Å². The molecule has 0 saturated carbocycles. The molecule has 0 rings (SSSR count). The standard InChI is InChI=1S/C24H46N4O5.2C4H10.C2H6/c1-10-13-14-17(6)33-19(29)15-25-23(32)27-20(24(7,8)9)22(31)28(12-3)18(11-2)21(30)26-16(4)5;1-4(2)3;1-3-4-2;1-2/h16-18,20H,10-15H2,1-9H3,(H,26,30)(H2,25,27,32);4H,1-3H3;3-4H2,1-2H3;1-2H3. The predicted molar refractivity (Wildman–Crippen MR) is 182 cm³/mol. The first-order chi connectivity index (χ1) is 19.9. The summed E-state index contributed by atoms with van der Waals surface area (Å²) in [4.78, 5) is 52.1. The van der Waals surface area contributed by atoms with Gasteiger partial charge < -0.3 is 25.6 Å². The van der Waals surface area contributed by atoms with Crippen molar-refractivity contribution in [2.45, 2.75) is 174 Å². The molecular formula is C34H72N4O5. The van der Waals surface area contributed by atoms with E-state index in [1.54, 1.807) is 6.92 Å². The molecule has 3 unspecified atom stereocenters. The summed E-state index contributed by atoms with van der Waals surface area (Å²) in [5, 5.41) is 8.03. The summed E-state index contributed by atoms with van der Waals surface area (Å²) in [7, 11) is 0. The Labute approximate surface area is 266 Å². The monoisotopic (exact) mass is 617 g/mol. The number of rotatable bonds is 14. The number of hydrogen-bond acceptors (Lipinski definition) is 5. The zero-order valence-electron chi connectivity index (χ0n) is 31.0. The van der Waals surface area contributed by atoms with Crippen molar-refractivity contribution in [3.63, 3.8) is 0 Å². The van der Waals surface area contributed by atoms with E-state index in [-0.39, 0.29) is 30.5 Å². The number of nitrogens with one attached hydrogen (secondary N) is 3. The maximum absolute atomic E-state index is 13.4. The van der Waals surface area contributed by atoms with E-state index in [1.807, 2.05) is 62.3 Å². The van der Waals surface area contributed by atoms with Gasteiger partial charge >= 0.3 is 12.0 Å². The number of likely N-dealkylation sites (N-methyl/N-ethyl adjacent to an activating group) is 1. The Bertz CT molecular complexity index is 715. The second-order valence-corrected chi connectivity index (χ2v) is 12.5. The summed E-state index contributed by atoms with van der Waals surface area (Å²) in [5.74, 6) is -0.264. The summed E-state index contributed by atoms with van der Waals surface area (Å²) >= 11 is 0. The Balaban J connectivity index is -0.000000659. The highest BCUT2D eigenvalue weighted by Crippen LogP contribution is 2.23. The van der Waals surface area contributed by atoms with Crippen molar-refractivity contribution >= 4 is 23.8 Å². The van der Waals surface area contributed by atoms with Gasteiger partial charge in [-0.25, -0.2) is 4.79 Å². The molecule has 0 aliphatic rings. The van der Waals surface area contributed by atoms with E-state index >= 15 is 0 Å². The highest BCUT2D eigenvalue weighted by Gasteiger charge is 2.39. The number of carbonyl (C=O) groups is 4. The average molecular weight is 617 g/mol. The first-order valence-corrected chi connectivity index (χ1v) is 16.8. The molecule has 0 aromatic carbocycles. The first-order valence-electron chi connectivity index (χ1n) is 16.8. The van der Waals surface area contributed by atoms with Crippen LogP contribution in [0.25, 0.3) is 0 Å². The van der Waals surface area contributed by atoms with Crippen LogP contribution in [0.1, 0.15) is 149 Å². The molecule has 0 aliphatic carbocycles. The van der Waals surface area contributed by atoms with E-state index in [1.165, 1.54) is 17.7 Å². The first kappa shape index (κ1) is 47.6. The van der Waals surface area contributed by atoms with Crippen LogP contribution in [0.4, 0.5) is 4.79 Å². The van der Waals surface area contributed by atoms with Crippen LogP contribution in [-0.4, -0.2) is 66.0 Å². The van der Waals surface area contributed by atoms with E-state index < -0.39 is 29.5 Å².